The number of sulfonamides is 1. The van der Waals surface area contributed by atoms with Gasteiger partial charge < -0.3 is 9.47 Å². The maximum atomic E-state index is 13.5. The lowest BCUT2D eigenvalue weighted by Gasteiger charge is -2.09. The summed E-state index contributed by atoms with van der Waals surface area (Å²) < 4.78 is 62.8. The largest absolute Gasteiger partial charge is 0.490 e. The second-order valence-electron chi connectivity index (χ2n) is 5.26. The first-order chi connectivity index (χ1) is 12.3. The number of esters is 1. The Balaban J connectivity index is 1.78. The third-order valence-electron chi connectivity index (χ3n) is 3.23. The Morgan fingerprint density at radius 1 is 1.04 bits per heavy atom. The van der Waals surface area contributed by atoms with Crippen molar-refractivity contribution in [2.45, 2.75) is 11.8 Å². The van der Waals surface area contributed by atoms with Crippen molar-refractivity contribution in [3.05, 3.63) is 59.7 Å². The summed E-state index contributed by atoms with van der Waals surface area (Å²) in [5.74, 6) is -2.81. The van der Waals surface area contributed by atoms with Gasteiger partial charge in [-0.25, -0.2) is 17.2 Å². The van der Waals surface area contributed by atoms with Crippen LogP contribution in [0.25, 0.3) is 0 Å². The van der Waals surface area contributed by atoms with Crippen LogP contribution in [0.2, 0.25) is 0 Å². The van der Waals surface area contributed by atoms with Gasteiger partial charge in [-0.05, 0) is 31.2 Å². The van der Waals surface area contributed by atoms with Crippen LogP contribution in [0.4, 0.5) is 8.78 Å². The fourth-order valence-corrected chi connectivity index (χ4v) is 3.07. The Kier molecular flexibility index (Phi) is 6.64. The van der Waals surface area contributed by atoms with Crippen LogP contribution in [-0.2, 0) is 19.6 Å². The minimum absolute atomic E-state index is 0.0729. The van der Waals surface area contributed by atoms with Gasteiger partial charge in [-0.2, -0.15) is 4.72 Å². The minimum Gasteiger partial charge on any atom is -0.490 e. The molecule has 0 bridgehead atoms. The van der Waals surface area contributed by atoms with E-state index in [0.29, 0.717) is 5.75 Å². The highest BCUT2D eigenvalue weighted by Crippen LogP contribution is 2.17. The second kappa shape index (κ2) is 8.72. The summed E-state index contributed by atoms with van der Waals surface area (Å²) >= 11 is 0. The smallest absolute Gasteiger partial charge is 0.321 e. The number of halogens is 2. The summed E-state index contributed by atoms with van der Waals surface area (Å²) in [6, 6.07) is 9.88. The molecule has 6 nitrogen and oxygen atoms in total. The number of hydrogen-bond donors (Lipinski definition) is 1. The Morgan fingerprint density at radius 3 is 2.27 bits per heavy atom. The summed E-state index contributed by atoms with van der Waals surface area (Å²) in [4.78, 5) is 10.4. The summed E-state index contributed by atoms with van der Waals surface area (Å²) in [5.41, 5.74) is 1.07. The first kappa shape index (κ1) is 19.8. The monoisotopic (exact) mass is 385 g/mol. The van der Waals surface area contributed by atoms with E-state index in [2.05, 4.69) is 0 Å². The highest BCUT2D eigenvalue weighted by atomic mass is 32.2. The maximum Gasteiger partial charge on any atom is 0.321 e. The van der Waals surface area contributed by atoms with Crippen molar-refractivity contribution in [3.8, 4) is 5.75 Å². The number of carbonyl (C=O) groups excluding carboxylic acids is 1. The van der Waals surface area contributed by atoms with Gasteiger partial charge in [0.1, 0.15) is 37.1 Å². The van der Waals surface area contributed by atoms with E-state index in [1.807, 2.05) is 19.1 Å². The highest BCUT2D eigenvalue weighted by molar-refractivity contribution is 7.89. The summed E-state index contributed by atoms with van der Waals surface area (Å²) in [5, 5.41) is 0. The molecule has 0 aliphatic rings. The number of aryl methyl sites for hydroxylation is 1. The lowest BCUT2D eigenvalue weighted by atomic mass is 10.2. The van der Waals surface area contributed by atoms with Crippen LogP contribution in [0, 0.1) is 18.6 Å². The zero-order valence-electron chi connectivity index (χ0n) is 13.9. The van der Waals surface area contributed by atoms with E-state index in [9.17, 15) is 22.0 Å². The predicted octanol–water partition coefficient (Wildman–Crippen LogP) is 2.17. The van der Waals surface area contributed by atoms with Gasteiger partial charge in [0.25, 0.3) is 0 Å². The van der Waals surface area contributed by atoms with E-state index in [-0.39, 0.29) is 13.2 Å². The molecule has 0 aliphatic carbocycles. The Morgan fingerprint density at radius 2 is 1.65 bits per heavy atom. The predicted molar refractivity (Wildman–Crippen MR) is 89.2 cm³/mol. The summed E-state index contributed by atoms with van der Waals surface area (Å²) in [6.45, 7) is 1.13. The molecule has 26 heavy (non-hydrogen) atoms. The number of nitrogens with one attached hydrogen (secondary N) is 1. The van der Waals surface area contributed by atoms with E-state index >= 15 is 0 Å². The molecule has 0 saturated heterocycles. The molecular weight excluding hydrogens is 368 g/mol. The molecule has 0 unspecified atom stereocenters. The van der Waals surface area contributed by atoms with E-state index < -0.39 is 39.1 Å². The quantitative estimate of drug-likeness (QED) is 0.556. The standard InChI is InChI=1S/C17H17F2NO5S/c1-12-5-7-13(8-6-12)24-9-10-25-16(21)11-20-26(22,23)17-14(18)3-2-4-15(17)19/h2-8,20H,9-11H2,1H3. The molecule has 0 aliphatic heterocycles. The van der Waals surface area contributed by atoms with Crippen molar-refractivity contribution in [3.63, 3.8) is 0 Å². The number of ether oxygens (including phenoxy) is 2. The lowest BCUT2D eigenvalue weighted by Crippen LogP contribution is -2.32. The topological polar surface area (TPSA) is 81.7 Å². The van der Waals surface area contributed by atoms with E-state index in [0.717, 1.165) is 23.8 Å². The van der Waals surface area contributed by atoms with Crippen molar-refractivity contribution in [2.75, 3.05) is 19.8 Å². The normalized spacial score (nSPS) is 11.2. The minimum atomic E-state index is -4.53. The maximum absolute atomic E-state index is 13.5. The molecule has 2 aromatic rings. The first-order valence-electron chi connectivity index (χ1n) is 7.58. The molecule has 0 atom stereocenters. The van der Waals surface area contributed by atoms with Gasteiger partial charge in [0, 0.05) is 0 Å². The third kappa shape index (κ3) is 5.50. The van der Waals surface area contributed by atoms with E-state index in [4.69, 9.17) is 9.47 Å². The molecule has 1 N–H and O–H groups in total. The molecular formula is C17H17F2NO5S. The lowest BCUT2D eigenvalue weighted by molar-refractivity contribution is -0.142. The molecule has 0 radical (unpaired) electrons. The first-order valence-corrected chi connectivity index (χ1v) is 9.06. The Bertz CT molecular complexity index is 849. The molecule has 0 aromatic heterocycles. The van der Waals surface area contributed by atoms with Crippen LogP contribution in [0.1, 0.15) is 5.56 Å². The van der Waals surface area contributed by atoms with Gasteiger partial charge in [-0.15, -0.1) is 0 Å². The molecule has 0 spiro atoms. The second-order valence-corrected chi connectivity index (χ2v) is 6.96. The Hall–Kier alpha value is -2.52. The van der Waals surface area contributed by atoms with Gasteiger partial charge in [-0.3, -0.25) is 4.79 Å². The van der Waals surface area contributed by atoms with Crippen molar-refractivity contribution in [2.24, 2.45) is 0 Å². The summed E-state index contributed by atoms with van der Waals surface area (Å²) in [7, 11) is -4.53. The van der Waals surface area contributed by atoms with Crippen LogP contribution < -0.4 is 9.46 Å². The SMILES string of the molecule is Cc1ccc(OCCOC(=O)CNS(=O)(=O)c2c(F)cccc2F)cc1. The number of benzene rings is 2. The van der Waals surface area contributed by atoms with Gasteiger partial charge in [-0.1, -0.05) is 23.8 Å². The molecule has 2 aromatic carbocycles. The number of hydrogen-bond acceptors (Lipinski definition) is 5. The van der Waals surface area contributed by atoms with Crippen LogP contribution >= 0.6 is 0 Å². The van der Waals surface area contributed by atoms with E-state index in [1.165, 1.54) is 0 Å². The molecule has 140 valence electrons. The molecule has 0 fully saturated rings. The molecule has 9 heteroatoms. The van der Waals surface area contributed by atoms with Gasteiger partial charge in [0.05, 0.1) is 0 Å². The van der Waals surface area contributed by atoms with Crippen molar-refractivity contribution in [1.29, 1.82) is 0 Å². The van der Waals surface area contributed by atoms with Crippen molar-refractivity contribution < 1.29 is 31.5 Å². The number of carbonyl (C=O) groups is 1. The zero-order valence-corrected chi connectivity index (χ0v) is 14.7. The molecule has 2 rings (SSSR count). The van der Waals surface area contributed by atoms with Crippen LogP contribution in [0.15, 0.2) is 47.4 Å². The van der Waals surface area contributed by atoms with Crippen molar-refractivity contribution in [1.82, 2.24) is 4.72 Å². The van der Waals surface area contributed by atoms with E-state index in [1.54, 1.807) is 16.9 Å². The highest BCUT2D eigenvalue weighted by Gasteiger charge is 2.24. The fourth-order valence-electron chi connectivity index (χ4n) is 1.97. The molecule has 0 amide bonds. The Labute approximate surface area is 149 Å². The van der Waals surface area contributed by atoms with Gasteiger partial charge >= 0.3 is 5.97 Å². The fraction of sp³-hybridized carbons (Fsp3) is 0.235. The van der Waals surface area contributed by atoms with Crippen LogP contribution in [0.5, 0.6) is 5.75 Å². The average molecular weight is 385 g/mol. The van der Waals surface area contributed by atoms with Gasteiger partial charge in [0.15, 0.2) is 4.90 Å². The van der Waals surface area contributed by atoms with Crippen molar-refractivity contribution >= 4 is 16.0 Å². The third-order valence-corrected chi connectivity index (χ3v) is 4.68. The van der Waals surface area contributed by atoms with Gasteiger partial charge in [0.2, 0.25) is 10.0 Å². The zero-order chi connectivity index (χ0) is 19.2. The molecule has 0 heterocycles. The van der Waals surface area contributed by atoms with Crippen LogP contribution in [-0.4, -0.2) is 34.1 Å². The average Bonchev–Trinajstić information content (AvgIpc) is 2.58. The van der Waals surface area contributed by atoms with Crippen LogP contribution in [0.3, 0.4) is 0 Å². The summed E-state index contributed by atoms with van der Waals surface area (Å²) in [6.07, 6.45) is 0. The number of rotatable bonds is 8. The molecule has 0 saturated carbocycles.